The zero-order valence-corrected chi connectivity index (χ0v) is 12.7. The predicted octanol–water partition coefficient (Wildman–Crippen LogP) is 2.40. The predicted molar refractivity (Wildman–Crippen MR) is 82.4 cm³/mol. The van der Waals surface area contributed by atoms with Crippen molar-refractivity contribution >= 4 is 23.7 Å². The lowest BCUT2D eigenvalue weighted by atomic mass is 10.0. The average molecular weight is 306 g/mol. The van der Waals surface area contributed by atoms with Gasteiger partial charge in [-0.05, 0) is 19.4 Å². The number of nitrogen functional groups attached to an aromatic ring is 1. The molecule has 0 saturated heterocycles. The van der Waals surface area contributed by atoms with Crippen LogP contribution in [0.4, 0.5) is 5.95 Å². The molecule has 112 valence electrons. The molecule has 1 aromatic heterocycles. The lowest BCUT2D eigenvalue weighted by Gasteiger charge is -2.14. The highest BCUT2D eigenvalue weighted by Gasteiger charge is 2.22. The molecule has 3 N–H and O–H groups in total. The van der Waals surface area contributed by atoms with Gasteiger partial charge in [0, 0.05) is 11.8 Å². The van der Waals surface area contributed by atoms with E-state index in [2.05, 4.69) is 10.2 Å². The van der Waals surface area contributed by atoms with Gasteiger partial charge >= 0.3 is 5.97 Å². The maximum atomic E-state index is 11.5. The first kappa shape index (κ1) is 15.4. The largest absolute Gasteiger partial charge is 0.481 e. The van der Waals surface area contributed by atoms with Crippen molar-refractivity contribution < 1.29 is 9.90 Å². The summed E-state index contributed by atoms with van der Waals surface area (Å²) in [7, 11) is 0. The second kappa shape index (κ2) is 6.62. The molecule has 0 fully saturated rings. The minimum Gasteiger partial charge on any atom is -0.481 e. The molecule has 0 radical (unpaired) electrons. The van der Waals surface area contributed by atoms with E-state index in [0.29, 0.717) is 16.9 Å². The zero-order valence-electron chi connectivity index (χ0n) is 11.9. The van der Waals surface area contributed by atoms with Crippen molar-refractivity contribution in [2.24, 2.45) is 0 Å². The van der Waals surface area contributed by atoms with Gasteiger partial charge in [0.25, 0.3) is 0 Å². The van der Waals surface area contributed by atoms with E-state index in [0.717, 1.165) is 5.56 Å². The van der Waals surface area contributed by atoms with Crippen molar-refractivity contribution in [3.8, 4) is 0 Å². The third kappa shape index (κ3) is 3.55. The highest BCUT2D eigenvalue weighted by Crippen LogP contribution is 2.28. The Morgan fingerprint density at radius 3 is 2.57 bits per heavy atom. The van der Waals surface area contributed by atoms with E-state index in [-0.39, 0.29) is 6.04 Å². The smallest absolute Gasteiger partial charge is 0.311 e. The number of nitrogens with zero attached hydrogens (tertiary/aromatic N) is 3. The fourth-order valence-electron chi connectivity index (χ4n) is 2.03. The second-order valence-electron chi connectivity index (χ2n) is 4.92. The van der Waals surface area contributed by atoms with E-state index in [4.69, 9.17) is 5.73 Å². The van der Waals surface area contributed by atoms with Crippen molar-refractivity contribution in [2.45, 2.75) is 31.0 Å². The number of carbonyl (C=O) groups is 1. The Hall–Kier alpha value is -2.02. The van der Waals surface area contributed by atoms with Crippen molar-refractivity contribution in [1.29, 1.82) is 0 Å². The summed E-state index contributed by atoms with van der Waals surface area (Å²) in [4.78, 5) is 11.5. The van der Waals surface area contributed by atoms with Gasteiger partial charge in [-0.2, -0.15) is 0 Å². The van der Waals surface area contributed by atoms with Crippen LogP contribution in [-0.2, 0) is 4.79 Å². The molecule has 1 unspecified atom stereocenters. The molecule has 0 saturated carbocycles. The van der Waals surface area contributed by atoms with Crippen LogP contribution in [0.2, 0.25) is 0 Å². The van der Waals surface area contributed by atoms with E-state index in [9.17, 15) is 9.90 Å². The van der Waals surface area contributed by atoms with Gasteiger partial charge in [0.15, 0.2) is 5.16 Å². The van der Waals surface area contributed by atoms with Crippen LogP contribution in [0.15, 0.2) is 35.5 Å². The lowest BCUT2D eigenvalue weighted by Crippen LogP contribution is -2.15. The molecule has 1 atom stereocenters. The molecule has 0 spiro atoms. The summed E-state index contributed by atoms with van der Waals surface area (Å²) in [5.41, 5.74) is 6.56. The van der Waals surface area contributed by atoms with Crippen molar-refractivity contribution in [1.82, 2.24) is 14.8 Å². The molecule has 1 aromatic carbocycles. The van der Waals surface area contributed by atoms with E-state index in [1.165, 1.54) is 11.8 Å². The zero-order chi connectivity index (χ0) is 15.4. The monoisotopic (exact) mass is 306 g/mol. The fraction of sp³-hybridized carbons (Fsp3) is 0.357. The van der Waals surface area contributed by atoms with Crippen LogP contribution in [-0.4, -0.2) is 31.6 Å². The average Bonchev–Trinajstić information content (AvgIpc) is 2.81. The second-order valence-corrected chi connectivity index (χ2v) is 5.90. The van der Waals surface area contributed by atoms with Crippen LogP contribution in [0, 0.1) is 0 Å². The first-order valence-corrected chi connectivity index (χ1v) is 7.60. The topological polar surface area (TPSA) is 94.0 Å². The van der Waals surface area contributed by atoms with Crippen molar-refractivity contribution in [2.75, 3.05) is 11.5 Å². The highest BCUT2D eigenvalue weighted by atomic mass is 32.2. The summed E-state index contributed by atoms with van der Waals surface area (Å²) in [6, 6.07) is 9.31. The number of nitrogens with two attached hydrogens (primary N) is 1. The maximum absolute atomic E-state index is 11.5. The molecule has 6 nitrogen and oxygen atoms in total. The maximum Gasteiger partial charge on any atom is 0.311 e. The SMILES string of the molecule is CC(C)n1c(N)nnc1SCC(C(=O)O)c1ccccc1. The van der Waals surface area contributed by atoms with E-state index >= 15 is 0 Å². The Kier molecular flexibility index (Phi) is 4.85. The van der Waals surface area contributed by atoms with Gasteiger partial charge in [-0.3, -0.25) is 9.36 Å². The number of carboxylic acid groups (broad SMARTS) is 1. The molecular weight excluding hydrogens is 288 g/mol. The Morgan fingerprint density at radius 2 is 2.00 bits per heavy atom. The Balaban J connectivity index is 2.15. The fourth-order valence-corrected chi connectivity index (χ4v) is 3.22. The number of benzene rings is 1. The minimum absolute atomic E-state index is 0.127. The van der Waals surface area contributed by atoms with Crippen LogP contribution >= 0.6 is 11.8 Å². The van der Waals surface area contributed by atoms with Crippen LogP contribution in [0.5, 0.6) is 0 Å². The molecule has 0 aliphatic carbocycles. The van der Waals surface area contributed by atoms with E-state index in [1.807, 2.05) is 44.2 Å². The summed E-state index contributed by atoms with van der Waals surface area (Å²) in [5.74, 6) is -0.712. The standard InChI is InChI=1S/C14H18N4O2S/c1-9(2)18-13(15)16-17-14(18)21-8-11(12(19)20)10-6-4-3-5-7-10/h3-7,9,11H,8H2,1-2H3,(H2,15,16)(H,19,20). The molecule has 0 amide bonds. The van der Waals surface area contributed by atoms with Gasteiger partial charge in [-0.1, -0.05) is 42.1 Å². The van der Waals surface area contributed by atoms with E-state index in [1.54, 1.807) is 4.57 Å². The number of hydrogen-bond acceptors (Lipinski definition) is 5. The van der Waals surface area contributed by atoms with Crippen LogP contribution in [0.25, 0.3) is 0 Å². The molecule has 0 bridgehead atoms. The Labute approximate surface area is 127 Å². The van der Waals surface area contributed by atoms with Gasteiger partial charge in [0.2, 0.25) is 5.95 Å². The number of rotatable bonds is 6. The summed E-state index contributed by atoms with van der Waals surface area (Å²) in [5, 5.41) is 17.9. The number of hydrogen-bond donors (Lipinski definition) is 2. The first-order chi connectivity index (χ1) is 10.0. The minimum atomic E-state index is -0.850. The number of aromatic nitrogens is 3. The normalized spacial score (nSPS) is 12.5. The van der Waals surface area contributed by atoms with Crippen LogP contribution in [0.3, 0.4) is 0 Å². The highest BCUT2D eigenvalue weighted by molar-refractivity contribution is 7.99. The van der Waals surface area contributed by atoms with Gasteiger partial charge in [0.05, 0.1) is 5.92 Å². The molecule has 2 aromatic rings. The molecule has 2 rings (SSSR count). The number of carboxylic acids is 1. The molecule has 21 heavy (non-hydrogen) atoms. The molecular formula is C14H18N4O2S. The quantitative estimate of drug-likeness (QED) is 0.796. The van der Waals surface area contributed by atoms with E-state index < -0.39 is 11.9 Å². The third-order valence-electron chi connectivity index (χ3n) is 3.09. The van der Waals surface area contributed by atoms with Crippen molar-refractivity contribution in [3.63, 3.8) is 0 Å². The van der Waals surface area contributed by atoms with Gasteiger partial charge in [-0.15, -0.1) is 10.2 Å². The summed E-state index contributed by atoms with van der Waals surface area (Å²) in [6.07, 6.45) is 0. The third-order valence-corrected chi connectivity index (χ3v) is 4.12. The summed E-state index contributed by atoms with van der Waals surface area (Å²) < 4.78 is 1.80. The molecule has 7 heteroatoms. The summed E-state index contributed by atoms with van der Waals surface area (Å²) >= 11 is 1.36. The lowest BCUT2D eigenvalue weighted by molar-refractivity contribution is -0.138. The first-order valence-electron chi connectivity index (χ1n) is 6.61. The molecule has 0 aliphatic rings. The van der Waals surface area contributed by atoms with Crippen LogP contribution in [0.1, 0.15) is 31.4 Å². The van der Waals surface area contributed by atoms with Crippen molar-refractivity contribution in [3.05, 3.63) is 35.9 Å². The number of anilines is 1. The Bertz CT molecular complexity index is 613. The summed E-state index contributed by atoms with van der Waals surface area (Å²) in [6.45, 7) is 3.96. The number of thioether (sulfide) groups is 1. The van der Waals surface area contributed by atoms with Crippen LogP contribution < -0.4 is 5.73 Å². The van der Waals surface area contributed by atoms with Gasteiger partial charge in [-0.25, -0.2) is 0 Å². The molecule has 1 heterocycles. The molecule has 0 aliphatic heterocycles. The van der Waals surface area contributed by atoms with Gasteiger partial charge < -0.3 is 10.8 Å². The van der Waals surface area contributed by atoms with Gasteiger partial charge in [0.1, 0.15) is 0 Å². The number of aliphatic carboxylic acids is 1. The Morgan fingerprint density at radius 1 is 1.33 bits per heavy atom.